The van der Waals surface area contributed by atoms with E-state index in [-0.39, 0.29) is 0 Å². The highest BCUT2D eigenvalue weighted by Crippen LogP contribution is 2.69. The molecule has 1 spiro atoms. The number of rotatable bonds is 0. The smallest absolute Gasteiger partial charge is 0.0266 e. The minimum atomic E-state index is 0.949. The van der Waals surface area contributed by atoms with Crippen LogP contribution in [0.1, 0.15) is 38.5 Å². The van der Waals surface area contributed by atoms with Crippen molar-refractivity contribution < 1.29 is 0 Å². The van der Waals surface area contributed by atoms with Crippen LogP contribution in [0.3, 0.4) is 0 Å². The van der Waals surface area contributed by atoms with Crippen molar-refractivity contribution in [1.82, 2.24) is 0 Å². The van der Waals surface area contributed by atoms with Crippen LogP contribution >= 0.6 is 0 Å². The van der Waals surface area contributed by atoms with E-state index in [4.69, 9.17) is 0 Å². The van der Waals surface area contributed by atoms with Gasteiger partial charge in [-0.3, -0.25) is 0 Å². The molecule has 0 unspecified atom stereocenters. The largest absolute Gasteiger partial charge is 0.0522 e. The number of fused-ring (bicyclic) bond motifs is 2. The summed E-state index contributed by atoms with van der Waals surface area (Å²) in [6.45, 7) is 0. The Hall–Kier alpha value is 0. The maximum absolute atomic E-state index is 1.61. The Bertz CT molecular complexity index is 144. The topological polar surface area (TPSA) is 0 Å². The fourth-order valence-electron chi connectivity index (χ4n) is 3.23. The third-order valence-electron chi connectivity index (χ3n) is 4.07. The zero-order valence-electron chi connectivity index (χ0n) is 5.90. The lowest BCUT2D eigenvalue weighted by atomic mass is 9.65. The Morgan fingerprint density at radius 1 is 1.11 bits per heavy atom. The normalized spacial score (nSPS) is 50.7. The van der Waals surface area contributed by atoms with Crippen LogP contribution in [0.15, 0.2) is 0 Å². The Labute approximate surface area is 56.6 Å². The monoisotopic (exact) mass is 122 g/mol. The molecule has 3 aliphatic carbocycles. The lowest BCUT2D eigenvalue weighted by Crippen LogP contribution is -2.28. The van der Waals surface area contributed by atoms with Gasteiger partial charge in [0.05, 0.1) is 0 Å². The number of hydrogen-bond acceptors (Lipinski definition) is 0. The molecule has 3 saturated carbocycles. The maximum Gasteiger partial charge on any atom is -0.0266 e. The summed E-state index contributed by atoms with van der Waals surface area (Å²) < 4.78 is 0. The predicted octanol–water partition coefficient (Wildman–Crippen LogP) is 2.59. The van der Waals surface area contributed by atoms with E-state index in [0.29, 0.717) is 0 Å². The van der Waals surface area contributed by atoms with Crippen molar-refractivity contribution in [1.29, 1.82) is 0 Å². The van der Waals surface area contributed by atoms with Gasteiger partial charge >= 0.3 is 0 Å². The molecule has 0 heteroatoms. The summed E-state index contributed by atoms with van der Waals surface area (Å²) in [5.41, 5.74) is 0.949. The first kappa shape index (κ1) is 4.76. The molecule has 3 rings (SSSR count). The lowest BCUT2D eigenvalue weighted by molar-refractivity contribution is 0.111. The minimum absolute atomic E-state index is 0.949. The van der Waals surface area contributed by atoms with Crippen molar-refractivity contribution >= 4 is 0 Å². The van der Waals surface area contributed by atoms with Crippen molar-refractivity contribution in [3.8, 4) is 0 Å². The summed E-state index contributed by atoms with van der Waals surface area (Å²) >= 11 is 0. The molecule has 0 nitrogen and oxygen atoms in total. The van der Waals surface area contributed by atoms with E-state index in [1.54, 1.807) is 38.5 Å². The first-order chi connectivity index (χ1) is 4.41. The Kier molecular flexibility index (Phi) is 0.640. The van der Waals surface area contributed by atoms with Crippen molar-refractivity contribution in [3.63, 3.8) is 0 Å². The molecular formula is C9H14. The van der Waals surface area contributed by atoms with E-state index in [0.717, 1.165) is 5.41 Å². The van der Waals surface area contributed by atoms with Crippen LogP contribution in [-0.2, 0) is 0 Å². The molecule has 3 fully saturated rings. The van der Waals surface area contributed by atoms with Gasteiger partial charge < -0.3 is 0 Å². The van der Waals surface area contributed by atoms with Crippen molar-refractivity contribution in [2.24, 2.45) is 17.3 Å². The third-order valence-corrected chi connectivity index (χ3v) is 4.07. The van der Waals surface area contributed by atoms with Gasteiger partial charge in [0, 0.05) is 0 Å². The van der Waals surface area contributed by atoms with Gasteiger partial charge in [0.15, 0.2) is 0 Å². The van der Waals surface area contributed by atoms with E-state index in [1.807, 2.05) is 0 Å². The molecule has 0 radical (unpaired) electrons. The molecule has 0 N–H and O–H groups in total. The van der Waals surface area contributed by atoms with Gasteiger partial charge in [-0.05, 0) is 49.4 Å². The summed E-state index contributed by atoms with van der Waals surface area (Å²) in [5, 5.41) is 0. The lowest BCUT2D eigenvalue weighted by Gasteiger charge is -2.40. The fourth-order valence-corrected chi connectivity index (χ4v) is 3.23. The van der Waals surface area contributed by atoms with E-state index >= 15 is 0 Å². The van der Waals surface area contributed by atoms with Crippen LogP contribution < -0.4 is 0 Å². The maximum atomic E-state index is 1.61. The van der Waals surface area contributed by atoms with Crippen LogP contribution in [0, 0.1) is 17.3 Å². The van der Waals surface area contributed by atoms with Gasteiger partial charge in [-0.15, -0.1) is 0 Å². The standard InChI is InChI=1S/C9H14/c1-3-9(4-1)5-2-7-6-8(7)9/h7-8H,1-6H2/t7-,8+/m0/s1. The average Bonchev–Trinajstić information content (AvgIpc) is 2.42. The van der Waals surface area contributed by atoms with Gasteiger partial charge in [-0.2, -0.15) is 0 Å². The number of hydrogen-bond donors (Lipinski definition) is 0. The molecule has 0 saturated heterocycles. The SMILES string of the molecule is C1CC2(C1)CC[C@H]1C[C@H]12. The van der Waals surface area contributed by atoms with Crippen molar-refractivity contribution in [2.45, 2.75) is 38.5 Å². The van der Waals surface area contributed by atoms with E-state index in [1.165, 1.54) is 11.8 Å². The van der Waals surface area contributed by atoms with Crippen molar-refractivity contribution in [3.05, 3.63) is 0 Å². The fraction of sp³-hybridized carbons (Fsp3) is 1.00. The second-order valence-corrected chi connectivity index (χ2v) is 4.36. The molecule has 3 aliphatic rings. The average molecular weight is 122 g/mol. The quantitative estimate of drug-likeness (QED) is 0.463. The molecule has 2 atom stereocenters. The van der Waals surface area contributed by atoms with Crippen LogP contribution in [0.25, 0.3) is 0 Å². The van der Waals surface area contributed by atoms with Crippen LogP contribution in [0.4, 0.5) is 0 Å². The van der Waals surface area contributed by atoms with E-state index in [9.17, 15) is 0 Å². The second-order valence-electron chi connectivity index (χ2n) is 4.36. The molecule has 9 heavy (non-hydrogen) atoms. The first-order valence-electron chi connectivity index (χ1n) is 4.41. The summed E-state index contributed by atoms with van der Waals surface area (Å²) in [6.07, 6.45) is 9.53. The summed E-state index contributed by atoms with van der Waals surface area (Å²) in [5.74, 6) is 2.44. The van der Waals surface area contributed by atoms with Gasteiger partial charge in [-0.25, -0.2) is 0 Å². The molecule has 0 aromatic carbocycles. The minimum Gasteiger partial charge on any atom is -0.0522 e. The summed E-state index contributed by atoms with van der Waals surface area (Å²) in [4.78, 5) is 0. The molecule has 0 aromatic heterocycles. The van der Waals surface area contributed by atoms with Crippen LogP contribution in [0.5, 0.6) is 0 Å². The van der Waals surface area contributed by atoms with Crippen LogP contribution in [0.2, 0.25) is 0 Å². The molecule has 0 aliphatic heterocycles. The summed E-state index contributed by atoms with van der Waals surface area (Å²) in [7, 11) is 0. The third kappa shape index (κ3) is 0.426. The van der Waals surface area contributed by atoms with Gasteiger partial charge in [-0.1, -0.05) is 6.42 Å². The van der Waals surface area contributed by atoms with Gasteiger partial charge in [0.2, 0.25) is 0 Å². The van der Waals surface area contributed by atoms with Gasteiger partial charge in [0.1, 0.15) is 0 Å². The van der Waals surface area contributed by atoms with Gasteiger partial charge in [0.25, 0.3) is 0 Å². The van der Waals surface area contributed by atoms with Crippen LogP contribution in [-0.4, -0.2) is 0 Å². The molecule has 0 heterocycles. The Morgan fingerprint density at radius 3 is 2.22 bits per heavy atom. The second kappa shape index (κ2) is 1.21. The molecule has 0 bridgehead atoms. The zero-order valence-corrected chi connectivity index (χ0v) is 5.90. The van der Waals surface area contributed by atoms with E-state index < -0.39 is 0 Å². The van der Waals surface area contributed by atoms with E-state index in [2.05, 4.69) is 0 Å². The highest BCUT2D eigenvalue weighted by molar-refractivity contribution is 5.09. The highest BCUT2D eigenvalue weighted by Gasteiger charge is 2.59. The first-order valence-corrected chi connectivity index (χ1v) is 4.41. The van der Waals surface area contributed by atoms with Crippen molar-refractivity contribution in [2.75, 3.05) is 0 Å². The molecule has 0 aromatic rings. The Balaban J connectivity index is 1.90. The molecular weight excluding hydrogens is 108 g/mol. The zero-order chi connectivity index (χ0) is 5.90. The highest BCUT2D eigenvalue weighted by atomic mass is 14.6. The molecule has 0 amide bonds. The molecule has 50 valence electrons. The summed E-state index contributed by atoms with van der Waals surface area (Å²) in [6, 6.07) is 0. The Morgan fingerprint density at radius 2 is 2.00 bits per heavy atom. The predicted molar refractivity (Wildman–Crippen MR) is 37.1 cm³/mol.